The fraction of sp³-hybridized carbons (Fsp3) is 0.400. The molecule has 0 fully saturated rings. The first-order valence-corrected chi connectivity index (χ1v) is 7.11. The molecule has 0 aliphatic carbocycles. The Morgan fingerprint density at radius 3 is 2.62 bits per heavy atom. The minimum atomic E-state index is -0.139. The smallest absolute Gasteiger partial charge is 0.231 e. The molecule has 2 aromatic rings. The number of nitrogens with two attached hydrogens (primary N) is 1. The van der Waals surface area contributed by atoms with Crippen LogP contribution in [0.25, 0.3) is 11.3 Å². The van der Waals surface area contributed by atoms with Crippen LogP contribution in [0.4, 0.5) is 5.82 Å². The fourth-order valence-electron chi connectivity index (χ4n) is 2.71. The Morgan fingerprint density at radius 2 is 2.00 bits per heavy atom. The number of aromatic nitrogens is 2. The van der Waals surface area contributed by atoms with E-state index in [1.54, 1.807) is 6.07 Å². The minimum absolute atomic E-state index is 0.139. The Labute approximate surface area is 128 Å². The van der Waals surface area contributed by atoms with Crippen molar-refractivity contribution in [3.8, 4) is 22.8 Å². The Morgan fingerprint density at radius 1 is 1.29 bits per heavy atom. The monoisotopic (exact) mass is 307 g/mol. The predicted octanol–water partition coefficient (Wildman–Crippen LogP) is 3.58. The summed E-state index contributed by atoms with van der Waals surface area (Å²) in [6.07, 6.45) is 0. The van der Waals surface area contributed by atoms with Crippen molar-refractivity contribution >= 4 is 17.4 Å². The van der Waals surface area contributed by atoms with Crippen molar-refractivity contribution in [1.29, 1.82) is 0 Å². The predicted molar refractivity (Wildman–Crippen MR) is 82.9 cm³/mol. The number of hydrogen-bond donors (Lipinski definition) is 1. The second-order valence-electron chi connectivity index (χ2n) is 6.09. The molecule has 0 bridgehead atoms. The number of ether oxygens (including phenoxy) is 2. The second kappa shape index (κ2) is 4.56. The molecule has 21 heavy (non-hydrogen) atoms. The van der Waals surface area contributed by atoms with Crippen molar-refractivity contribution < 1.29 is 9.47 Å². The second-order valence-corrected chi connectivity index (χ2v) is 6.50. The van der Waals surface area contributed by atoms with Gasteiger partial charge in [-0.2, -0.15) is 0 Å². The summed E-state index contributed by atoms with van der Waals surface area (Å²) in [6.45, 7) is 8.40. The van der Waals surface area contributed by atoms with Gasteiger partial charge in [-0.25, -0.2) is 4.98 Å². The molecule has 2 heterocycles. The van der Waals surface area contributed by atoms with Crippen LogP contribution in [-0.2, 0) is 5.54 Å². The van der Waals surface area contributed by atoms with Gasteiger partial charge in [-0.05, 0) is 39.8 Å². The van der Waals surface area contributed by atoms with E-state index in [1.165, 1.54) is 0 Å². The van der Waals surface area contributed by atoms with Crippen molar-refractivity contribution in [1.82, 2.24) is 9.55 Å². The van der Waals surface area contributed by atoms with E-state index in [2.05, 4.69) is 25.8 Å². The molecule has 1 aromatic heterocycles. The van der Waals surface area contributed by atoms with Crippen molar-refractivity contribution in [3.63, 3.8) is 0 Å². The molecular weight excluding hydrogens is 290 g/mol. The van der Waals surface area contributed by atoms with Crippen LogP contribution in [-0.4, -0.2) is 16.3 Å². The highest BCUT2D eigenvalue weighted by Crippen LogP contribution is 2.43. The van der Waals surface area contributed by atoms with Crippen LogP contribution < -0.4 is 15.2 Å². The maximum Gasteiger partial charge on any atom is 0.231 e. The average Bonchev–Trinajstić information content (AvgIpc) is 2.92. The molecule has 0 amide bonds. The lowest BCUT2D eigenvalue weighted by molar-refractivity contribution is 0.174. The lowest BCUT2D eigenvalue weighted by atomic mass is 10.1. The summed E-state index contributed by atoms with van der Waals surface area (Å²) in [5, 5.41) is 0.502. The molecule has 6 heteroatoms. The third-order valence-corrected chi connectivity index (χ3v) is 3.73. The first-order chi connectivity index (χ1) is 9.79. The van der Waals surface area contributed by atoms with Crippen LogP contribution in [0.15, 0.2) is 12.1 Å². The molecule has 2 N–H and O–H groups in total. The van der Waals surface area contributed by atoms with Crippen LogP contribution in [0.3, 0.4) is 0 Å². The number of imidazole rings is 1. The number of nitrogens with zero attached hydrogens (tertiary/aromatic N) is 2. The quantitative estimate of drug-likeness (QED) is 0.874. The Bertz CT molecular complexity index is 717. The standard InChI is InChI=1S/C15H18ClN3O2/c1-8-18-12(14(17)19(8)15(2,3)4)9-5-10(16)13-11(6-9)20-7-21-13/h5-6H,7,17H2,1-4H3. The molecule has 3 rings (SSSR count). The number of rotatable bonds is 1. The summed E-state index contributed by atoms with van der Waals surface area (Å²) in [5.74, 6) is 2.68. The number of benzene rings is 1. The molecule has 0 saturated heterocycles. The molecule has 5 nitrogen and oxygen atoms in total. The lowest BCUT2D eigenvalue weighted by Gasteiger charge is -2.24. The van der Waals surface area contributed by atoms with Crippen LogP contribution >= 0.6 is 11.6 Å². The van der Waals surface area contributed by atoms with Crippen molar-refractivity contribution in [2.45, 2.75) is 33.2 Å². The van der Waals surface area contributed by atoms with Gasteiger partial charge in [-0.3, -0.25) is 0 Å². The van der Waals surface area contributed by atoms with E-state index in [9.17, 15) is 0 Å². The normalized spacial score (nSPS) is 13.8. The summed E-state index contributed by atoms with van der Waals surface area (Å²) in [4.78, 5) is 4.60. The summed E-state index contributed by atoms with van der Waals surface area (Å²) in [7, 11) is 0. The zero-order chi connectivity index (χ0) is 15.4. The number of aryl methyl sites for hydroxylation is 1. The number of fused-ring (bicyclic) bond motifs is 1. The molecule has 0 atom stereocenters. The van der Waals surface area contributed by atoms with Gasteiger partial charge in [-0.1, -0.05) is 11.6 Å². The number of nitrogen functional groups attached to an aromatic ring is 1. The third-order valence-electron chi connectivity index (χ3n) is 3.45. The van der Waals surface area contributed by atoms with Gasteiger partial charge in [0.15, 0.2) is 11.5 Å². The van der Waals surface area contributed by atoms with Crippen LogP contribution in [0.2, 0.25) is 5.02 Å². The third kappa shape index (κ3) is 2.21. The Hall–Kier alpha value is -1.88. The summed E-state index contributed by atoms with van der Waals surface area (Å²) >= 11 is 6.23. The Balaban J connectivity index is 2.17. The van der Waals surface area contributed by atoms with E-state index in [4.69, 9.17) is 26.8 Å². The van der Waals surface area contributed by atoms with Gasteiger partial charge in [0.05, 0.1) is 5.02 Å². The van der Waals surface area contributed by atoms with E-state index in [1.807, 2.05) is 17.6 Å². The van der Waals surface area contributed by atoms with Gasteiger partial charge in [0.1, 0.15) is 17.3 Å². The van der Waals surface area contributed by atoms with Gasteiger partial charge in [-0.15, -0.1) is 0 Å². The molecule has 0 saturated carbocycles. The van der Waals surface area contributed by atoms with Crippen molar-refractivity contribution in [3.05, 3.63) is 23.0 Å². The van der Waals surface area contributed by atoms with Gasteiger partial charge in [0.2, 0.25) is 6.79 Å². The van der Waals surface area contributed by atoms with Gasteiger partial charge >= 0.3 is 0 Å². The van der Waals surface area contributed by atoms with Crippen LogP contribution in [0.5, 0.6) is 11.5 Å². The largest absolute Gasteiger partial charge is 0.454 e. The van der Waals surface area contributed by atoms with Gasteiger partial charge in [0.25, 0.3) is 0 Å². The molecule has 1 aliphatic heterocycles. The maximum absolute atomic E-state index is 6.30. The summed E-state index contributed by atoms with van der Waals surface area (Å²) in [5.41, 5.74) is 7.70. The SMILES string of the molecule is Cc1nc(-c2cc(Cl)c3c(c2)OCO3)c(N)n1C(C)(C)C. The van der Waals surface area contributed by atoms with Gasteiger partial charge in [0, 0.05) is 11.1 Å². The molecule has 112 valence electrons. The average molecular weight is 308 g/mol. The summed E-state index contributed by atoms with van der Waals surface area (Å²) < 4.78 is 12.7. The minimum Gasteiger partial charge on any atom is -0.454 e. The van der Waals surface area contributed by atoms with E-state index in [0.29, 0.717) is 28.0 Å². The molecule has 0 radical (unpaired) electrons. The first-order valence-electron chi connectivity index (χ1n) is 6.74. The summed E-state index contributed by atoms with van der Waals surface area (Å²) in [6, 6.07) is 3.67. The maximum atomic E-state index is 6.30. The highest BCUT2D eigenvalue weighted by molar-refractivity contribution is 6.32. The molecule has 1 aliphatic rings. The topological polar surface area (TPSA) is 62.3 Å². The lowest BCUT2D eigenvalue weighted by Crippen LogP contribution is -2.24. The molecule has 0 unspecified atom stereocenters. The zero-order valence-electron chi connectivity index (χ0n) is 12.5. The van der Waals surface area contributed by atoms with E-state index >= 15 is 0 Å². The number of halogens is 1. The highest BCUT2D eigenvalue weighted by Gasteiger charge is 2.25. The van der Waals surface area contributed by atoms with E-state index in [0.717, 1.165) is 11.4 Å². The van der Waals surface area contributed by atoms with Crippen molar-refractivity contribution in [2.24, 2.45) is 0 Å². The van der Waals surface area contributed by atoms with E-state index in [-0.39, 0.29) is 12.3 Å². The fourth-order valence-corrected chi connectivity index (χ4v) is 2.98. The number of anilines is 1. The van der Waals surface area contributed by atoms with Crippen LogP contribution in [0, 0.1) is 6.92 Å². The van der Waals surface area contributed by atoms with Crippen LogP contribution in [0.1, 0.15) is 26.6 Å². The molecular formula is C15H18ClN3O2. The van der Waals surface area contributed by atoms with Crippen molar-refractivity contribution in [2.75, 3.05) is 12.5 Å². The Kier molecular flexibility index (Phi) is 3.06. The van der Waals surface area contributed by atoms with Gasteiger partial charge < -0.3 is 19.8 Å². The first kappa shape index (κ1) is 14.1. The highest BCUT2D eigenvalue weighted by atomic mass is 35.5. The zero-order valence-corrected chi connectivity index (χ0v) is 13.3. The molecule has 1 aromatic carbocycles. The molecule has 0 spiro atoms. The van der Waals surface area contributed by atoms with E-state index < -0.39 is 0 Å². The number of hydrogen-bond acceptors (Lipinski definition) is 4.